The van der Waals surface area contributed by atoms with E-state index in [2.05, 4.69) is 10.1 Å². The van der Waals surface area contributed by atoms with E-state index in [9.17, 15) is 4.79 Å². The van der Waals surface area contributed by atoms with Gasteiger partial charge >= 0.3 is 0 Å². The van der Waals surface area contributed by atoms with E-state index in [4.69, 9.17) is 20.9 Å². The van der Waals surface area contributed by atoms with E-state index in [0.717, 1.165) is 11.1 Å². The van der Waals surface area contributed by atoms with Crippen molar-refractivity contribution in [1.29, 1.82) is 0 Å². The zero-order valence-electron chi connectivity index (χ0n) is 16.1. The Morgan fingerprint density at radius 3 is 2.50 bits per heavy atom. The molecule has 0 fully saturated rings. The smallest absolute Gasteiger partial charge is 0.263 e. The van der Waals surface area contributed by atoms with Gasteiger partial charge in [-0.3, -0.25) is 4.79 Å². The van der Waals surface area contributed by atoms with Gasteiger partial charge in [0.15, 0.2) is 6.10 Å². The third kappa shape index (κ3) is 4.89. The molecule has 2 aromatic carbocycles. The average molecular weight is 400 g/mol. The van der Waals surface area contributed by atoms with Crippen LogP contribution in [0.15, 0.2) is 53.1 Å². The Morgan fingerprint density at radius 2 is 1.86 bits per heavy atom. The molecule has 6 nitrogen and oxygen atoms in total. The first kappa shape index (κ1) is 19.9. The molecule has 1 amide bonds. The van der Waals surface area contributed by atoms with Crippen LogP contribution in [-0.4, -0.2) is 34.1 Å². The number of rotatable bonds is 7. The molecule has 0 aliphatic rings. The highest BCUT2D eigenvalue weighted by Crippen LogP contribution is 2.20. The zero-order chi connectivity index (χ0) is 20.1. The van der Waals surface area contributed by atoms with E-state index < -0.39 is 6.10 Å². The number of amides is 1. The number of aromatic nitrogens is 2. The molecule has 0 unspecified atom stereocenters. The number of hydrogen-bond donors (Lipinski definition) is 0. The van der Waals surface area contributed by atoms with Crippen LogP contribution in [0.1, 0.15) is 24.8 Å². The van der Waals surface area contributed by atoms with E-state index in [1.54, 1.807) is 19.2 Å². The van der Waals surface area contributed by atoms with Crippen molar-refractivity contribution < 1.29 is 14.1 Å². The summed E-state index contributed by atoms with van der Waals surface area (Å²) in [5.41, 5.74) is 1.93. The number of nitrogens with zero attached hydrogens (tertiary/aromatic N) is 3. The van der Waals surface area contributed by atoms with Crippen LogP contribution >= 0.6 is 11.6 Å². The first-order valence-corrected chi connectivity index (χ1v) is 9.41. The number of aryl methyl sites for hydroxylation is 1. The fourth-order valence-electron chi connectivity index (χ4n) is 2.65. The normalized spacial score (nSPS) is 11.9. The molecule has 0 saturated carbocycles. The van der Waals surface area contributed by atoms with Gasteiger partial charge in [0.1, 0.15) is 5.75 Å². The third-order valence-electron chi connectivity index (χ3n) is 4.26. The number of carbonyl (C=O) groups is 1. The highest BCUT2D eigenvalue weighted by molar-refractivity contribution is 6.30. The standard InChI is InChI=1S/C21H22ClN3O3/c1-4-18(27-17-11-5-14(2)6-12-17)21(26)25(3)13-19-23-20(24-28-19)15-7-9-16(22)10-8-15/h5-12,18H,4,13H2,1-3H3/t18-/m0/s1. The summed E-state index contributed by atoms with van der Waals surface area (Å²) in [5, 5.41) is 4.61. The molecule has 146 valence electrons. The molecule has 0 saturated heterocycles. The topological polar surface area (TPSA) is 68.5 Å². The number of ether oxygens (including phenoxy) is 1. The molecule has 0 aliphatic carbocycles. The summed E-state index contributed by atoms with van der Waals surface area (Å²) in [6.07, 6.45) is -0.0250. The van der Waals surface area contributed by atoms with Gasteiger partial charge in [-0.05, 0) is 49.7 Å². The molecule has 3 aromatic rings. The van der Waals surface area contributed by atoms with E-state index in [1.807, 2.05) is 50.2 Å². The minimum Gasteiger partial charge on any atom is -0.481 e. The molecule has 28 heavy (non-hydrogen) atoms. The van der Waals surface area contributed by atoms with Gasteiger partial charge in [-0.15, -0.1) is 0 Å². The summed E-state index contributed by atoms with van der Waals surface area (Å²) in [4.78, 5) is 18.6. The summed E-state index contributed by atoms with van der Waals surface area (Å²) in [5.74, 6) is 1.33. The average Bonchev–Trinajstić information content (AvgIpc) is 3.16. The summed E-state index contributed by atoms with van der Waals surface area (Å²) in [6, 6.07) is 14.8. The Balaban J connectivity index is 1.64. The van der Waals surface area contributed by atoms with Gasteiger partial charge < -0.3 is 14.2 Å². The summed E-state index contributed by atoms with van der Waals surface area (Å²) in [6.45, 7) is 4.12. The molecule has 1 heterocycles. The van der Waals surface area contributed by atoms with Crippen LogP contribution in [0.25, 0.3) is 11.4 Å². The Labute approximate surface area is 169 Å². The van der Waals surface area contributed by atoms with E-state index in [-0.39, 0.29) is 12.5 Å². The minimum atomic E-state index is -0.577. The largest absolute Gasteiger partial charge is 0.481 e. The predicted octanol–water partition coefficient (Wildman–Crippen LogP) is 4.51. The van der Waals surface area contributed by atoms with Crippen molar-refractivity contribution in [3.05, 3.63) is 65.0 Å². The number of likely N-dealkylation sites (N-methyl/N-ethyl adjacent to an activating group) is 1. The maximum absolute atomic E-state index is 12.8. The quantitative estimate of drug-likeness (QED) is 0.584. The predicted molar refractivity (Wildman–Crippen MR) is 107 cm³/mol. The molecule has 7 heteroatoms. The van der Waals surface area contributed by atoms with Gasteiger partial charge in [0.2, 0.25) is 11.7 Å². The molecule has 0 N–H and O–H groups in total. The number of hydrogen-bond acceptors (Lipinski definition) is 5. The summed E-state index contributed by atoms with van der Waals surface area (Å²) in [7, 11) is 1.69. The van der Waals surface area contributed by atoms with Crippen molar-refractivity contribution in [2.75, 3.05) is 7.05 Å². The van der Waals surface area contributed by atoms with Crippen LogP contribution < -0.4 is 4.74 Å². The van der Waals surface area contributed by atoms with Crippen LogP contribution in [0.4, 0.5) is 0 Å². The van der Waals surface area contributed by atoms with Crippen LogP contribution in [0.3, 0.4) is 0 Å². The van der Waals surface area contributed by atoms with Crippen molar-refractivity contribution in [3.63, 3.8) is 0 Å². The van der Waals surface area contributed by atoms with Gasteiger partial charge in [0.25, 0.3) is 5.91 Å². The Kier molecular flexibility index (Phi) is 6.31. The first-order valence-electron chi connectivity index (χ1n) is 9.03. The van der Waals surface area contributed by atoms with Gasteiger partial charge in [-0.25, -0.2) is 0 Å². The van der Waals surface area contributed by atoms with Gasteiger partial charge in [0, 0.05) is 17.6 Å². The maximum Gasteiger partial charge on any atom is 0.263 e. The molecule has 0 aliphatic heterocycles. The molecule has 0 radical (unpaired) electrons. The molecule has 0 spiro atoms. The maximum atomic E-state index is 12.8. The second-order valence-corrected chi connectivity index (χ2v) is 6.98. The fraction of sp³-hybridized carbons (Fsp3) is 0.286. The van der Waals surface area contributed by atoms with E-state index in [1.165, 1.54) is 4.90 Å². The van der Waals surface area contributed by atoms with Gasteiger partial charge in [0.05, 0.1) is 6.54 Å². The zero-order valence-corrected chi connectivity index (χ0v) is 16.8. The number of carbonyl (C=O) groups excluding carboxylic acids is 1. The van der Waals surface area contributed by atoms with E-state index in [0.29, 0.717) is 28.9 Å². The summed E-state index contributed by atoms with van der Waals surface area (Å²) >= 11 is 5.90. The van der Waals surface area contributed by atoms with Gasteiger partial charge in [-0.2, -0.15) is 4.98 Å². The van der Waals surface area contributed by atoms with Crippen molar-refractivity contribution in [1.82, 2.24) is 15.0 Å². The third-order valence-corrected chi connectivity index (χ3v) is 4.52. The lowest BCUT2D eigenvalue weighted by Gasteiger charge is -2.22. The van der Waals surface area contributed by atoms with E-state index >= 15 is 0 Å². The molecule has 1 aromatic heterocycles. The minimum absolute atomic E-state index is 0.144. The van der Waals surface area contributed by atoms with Crippen molar-refractivity contribution in [2.45, 2.75) is 32.9 Å². The molecular formula is C21H22ClN3O3. The lowest BCUT2D eigenvalue weighted by atomic mass is 10.2. The molecule has 3 rings (SSSR count). The lowest BCUT2D eigenvalue weighted by molar-refractivity contribution is -0.138. The van der Waals surface area contributed by atoms with Crippen LogP contribution in [0.5, 0.6) is 5.75 Å². The first-order chi connectivity index (χ1) is 13.5. The highest BCUT2D eigenvalue weighted by Gasteiger charge is 2.24. The molecule has 0 bridgehead atoms. The number of halogens is 1. The van der Waals surface area contributed by atoms with Crippen LogP contribution in [0, 0.1) is 6.92 Å². The Morgan fingerprint density at radius 1 is 1.18 bits per heavy atom. The summed E-state index contributed by atoms with van der Waals surface area (Å²) < 4.78 is 11.1. The van der Waals surface area contributed by atoms with Crippen LogP contribution in [0.2, 0.25) is 5.02 Å². The van der Waals surface area contributed by atoms with Crippen molar-refractivity contribution in [3.8, 4) is 17.1 Å². The fourth-order valence-corrected chi connectivity index (χ4v) is 2.78. The lowest BCUT2D eigenvalue weighted by Crippen LogP contribution is -2.39. The highest BCUT2D eigenvalue weighted by atomic mass is 35.5. The molecule has 1 atom stereocenters. The Bertz CT molecular complexity index is 923. The van der Waals surface area contributed by atoms with Crippen molar-refractivity contribution in [2.24, 2.45) is 0 Å². The molecular weight excluding hydrogens is 378 g/mol. The number of benzene rings is 2. The van der Waals surface area contributed by atoms with Crippen molar-refractivity contribution >= 4 is 17.5 Å². The second kappa shape index (κ2) is 8.89. The van der Waals surface area contributed by atoms with Gasteiger partial charge in [-0.1, -0.05) is 41.4 Å². The second-order valence-electron chi connectivity index (χ2n) is 6.54. The SMILES string of the molecule is CC[C@H](Oc1ccc(C)cc1)C(=O)N(C)Cc1nc(-c2ccc(Cl)cc2)no1. The Hall–Kier alpha value is -2.86. The van der Waals surface area contributed by atoms with Crippen LogP contribution in [-0.2, 0) is 11.3 Å². The monoisotopic (exact) mass is 399 g/mol.